The van der Waals surface area contributed by atoms with Crippen LogP contribution in [0.15, 0.2) is 18.2 Å². The predicted molar refractivity (Wildman–Crippen MR) is 47.6 cm³/mol. The Labute approximate surface area is 83.3 Å². The highest BCUT2D eigenvalue weighted by Gasteiger charge is 2.12. The lowest BCUT2D eigenvalue weighted by Crippen LogP contribution is -1.94. The molecule has 0 spiro atoms. The van der Waals surface area contributed by atoms with Crippen LogP contribution >= 0.6 is 0 Å². The van der Waals surface area contributed by atoms with Gasteiger partial charge in [0, 0.05) is 5.92 Å². The highest BCUT2D eigenvalue weighted by Crippen LogP contribution is 2.18. The van der Waals surface area contributed by atoms with Gasteiger partial charge >= 0.3 is 5.97 Å². The summed E-state index contributed by atoms with van der Waals surface area (Å²) in [6.45, 7) is 0. The number of hydrogen-bond acceptors (Lipinski definition) is 3. The van der Waals surface area contributed by atoms with Gasteiger partial charge in [0.15, 0.2) is 0 Å². The Hall–Kier alpha value is -2.42. The van der Waals surface area contributed by atoms with Gasteiger partial charge in [-0.2, -0.15) is 0 Å². The Bertz CT molecular complexity index is 487. The molecule has 1 N–H and O–H groups in total. The molecule has 15 heavy (non-hydrogen) atoms. The number of hydrogen-bond donors (Lipinski definition) is 1. The fourth-order valence-corrected chi connectivity index (χ4v) is 0.882. The molecule has 0 atom stereocenters. The first-order valence-corrected chi connectivity index (χ1v) is 3.69. The summed E-state index contributed by atoms with van der Waals surface area (Å²) in [5.41, 5.74) is -0.687. The second-order valence-corrected chi connectivity index (χ2v) is 2.47. The Morgan fingerprint density at radius 3 is 2.73 bits per heavy atom. The molecule has 0 amide bonds. The van der Waals surface area contributed by atoms with Crippen LogP contribution in [-0.4, -0.2) is 16.0 Å². The summed E-state index contributed by atoms with van der Waals surface area (Å²) in [4.78, 5) is 19.7. The third kappa shape index (κ3) is 2.77. The number of carbonyl (C=O) groups is 1. The third-order valence-electron chi connectivity index (χ3n) is 1.46. The minimum atomic E-state index is -1.41. The number of benzene rings is 1. The average molecular weight is 209 g/mol. The lowest BCUT2D eigenvalue weighted by Gasteiger charge is -1.94. The number of rotatable bonds is 1. The van der Waals surface area contributed by atoms with Gasteiger partial charge in [0.05, 0.1) is 11.0 Å². The van der Waals surface area contributed by atoms with Gasteiger partial charge in [0.2, 0.25) is 0 Å². The van der Waals surface area contributed by atoms with Crippen molar-refractivity contribution in [2.75, 3.05) is 0 Å². The molecular weight excluding hydrogens is 205 g/mol. The van der Waals surface area contributed by atoms with Crippen molar-refractivity contribution in [2.24, 2.45) is 0 Å². The van der Waals surface area contributed by atoms with Crippen LogP contribution in [0.1, 0.15) is 5.56 Å². The zero-order valence-electron chi connectivity index (χ0n) is 7.23. The van der Waals surface area contributed by atoms with E-state index in [1.807, 2.05) is 0 Å². The first kappa shape index (κ1) is 10.7. The van der Waals surface area contributed by atoms with Gasteiger partial charge in [-0.3, -0.25) is 10.1 Å². The molecule has 1 aromatic rings. The molecule has 0 aromatic heterocycles. The number of nitro benzene ring substituents is 1. The summed E-state index contributed by atoms with van der Waals surface area (Å²) in [5.74, 6) is 1.60. The number of carboxylic acid groups (broad SMARTS) is 1. The van der Waals surface area contributed by atoms with E-state index in [9.17, 15) is 19.3 Å². The largest absolute Gasteiger partial charge is 0.472 e. The Kier molecular flexibility index (Phi) is 2.98. The van der Waals surface area contributed by atoms with E-state index >= 15 is 0 Å². The van der Waals surface area contributed by atoms with Crippen LogP contribution in [0.5, 0.6) is 0 Å². The van der Waals surface area contributed by atoms with E-state index < -0.39 is 22.4 Å². The molecule has 0 aliphatic carbocycles. The molecule has 0 saturated carbocycles. The molecule has 0 radical (unpaired) electrons. The van der Waals surface area contributed by atoms with Gasteiger partial charge in [0.25, 0.3) is 5.69 Å². The van der Waals surface area contributed by atoms with E-state index in [0.717, 1.165) is 12.1 Å². The van der Waals surface area contributed by atoms with Crippen LogP contribution in [0, 0.1) is 27.8 Å². The van der Waals surface area contributed by atoms with Gasteiger partial charge in [-0.1, -0.05) is 0 Å². The minimum absolute atomic E-state index is 0.135. The standard InChI is InChI=1S/C9H4FNO4/c10-7-3-1-6(2-4-9(12)13)8(5-7)11(14)15/h1,3,5H,(H,12,13). The maximum atomic E-state index is 12.6. The molecule has 0 bridgehead atoms. The summed E-state index contributed by atoms with van der Waals surface area (Å²) in [6.07, 6.45) is 0. The summed E-state index contributed by atoms with van der Waals surface area (Å²) < 4.78 is 12.6. The predicted octanol–water partition coefficient (Wildman–Crippen LogP) is 1.17. The van der Waals surface area contributed by atoms with Crippen LogP contribution in [0.3, 0.4) is 0 Å². The minimum Gasteiger partial charge on any atom is -0.472 e. The van der Waals surface area contributed by atoms with Crippen molar-refractivity contribution in [1.82, 2.24) is 0 Å². The van der Waals surface area contributed by atoms with E-state index in [2.05, 4.69) is 5.92 Å². The third-order valence-corrected chi connectivity index (χ3v) is 1.46. The van der Waals surface area contributed by atoms with Gasteiger partial charge in [-0.25, -0.2) is 9.18 Å². The van der Waals surface area contributed by atoms with Gasteiger partial charge in [0.1, 0.15) is 11.4 Å². The second-order valence-electron chi connectivity index (χ2n) is 2.47. The van der Waals surface area contributed by atoms with E-state index in [0.29, 0.717) is 6.07 Å². The fourth-order valence-electron chi connectivity index (χ4n) is 0.882. The van der Waals surface area contributed by atoms with Crippen LogP contribution < -0.4 is 0 Å². The SMILES string of the molecule is O=C(O)C#Cc1ccc(F)cc1[N+](=O)[O-]. The van der Waals surface area contributed by atoms with Gasteiger partial charge in [-0.15, -0.1) is 0 Å². The van der Waals surface area contributed by atoms with Crippen molar-refractivity contribution < 1.29 is 19.2 Å². The molecule has 6 heteroatoms. The van der Waals surface area contributed by atoms with Gasteiger partial charge in [-0.05, 0) is 18.1 Å². The van der Waals surface area contributed by atoms with E-state index in [1.54, 1.807) is 5.92 Å². The van der Waals surface area contributed by atoms with Crippen molar-refractivity contribution >= 4 is 11.7 Å². The lowest BCUT2D eigenvalue weighted by molar-refractivity contribution is -0.385. The smallest absolute Gasteiger partial charge is 0.382 e. The van der Waals surface area contributed by atoms with Crippen LogP contribution in [0.4, 0.5) is 10.1 Å². The second kappa shape index (κ2) is 4.19. The Morgan fingerprint density at radius 1 is 1.53 bits per heavy atom. The highest BCUT2D eigenvalue weighted by molar-refractivity contribution is 5.87. The molecule has 0 fully saturated rings. The number of halogens is 1. The van der Waals surface area contributed by atoms with Gasteiger partial charge < -0.3 is 5.11 Å². The lowest BCUT2D eigenvalue weighted by atomic mass is 10.2. The van der Waals surface area contributed by atoms with Crippen LogP contribution in [0.2, 0.25) is 0 Å². The average Bonchev–Trinajstić information content (AvgIpc) is 2.15. The molecule has 1 aromatic carbocycles. The van der Waals surface area contributed by atoms with E-state index in [4.69, 9.17) is 5.11 Å². The van der Waals surface area contributed by atoms with Crippen LogP contribution in [-0.2, 0) is 4.79 Å². The zero-order chi connectivity index (χ0) is 11.4. The molecule has 0 saturated heterocycles. The van der Waals surface area contributed by atoms with Crippen molar-refractivity contribution in [3.63, 3.8) is 0 Å². The molecule has 0 unspecified atom stereocenters. The number of nitro groups is 1. The first-order valence-electron chi connectivity index (χ1n) is 3.69. The summed E-state index contributed by atoms with van der Waals surface area (Å²) in [7, 11) is 0. The van der Waals surface area contributed by atoms with Crippen LogP contribution in [0.25, 0.3) is 0 Å². The monoisotopic (exact) mass is 209 g/mol. The van der Waals surface area contributed by atoms with E-state index in [-0.39, 0.29) is 5.56 Å². The fraction of sp³-hybridized carbons (Fsp3) is 0. The zero-order valence-corrected chi connectivity index (χ0v) is 7.23. The molecule has 5 nitrogen and oxygen atoms in total. The first-order chi connectivity index (χ1) is 7.00. The van der Waals surface area contributed by atoms with Crippen molar-refractivity contribution in [3.8, 4) is 11.8 Å². The quantitative estimate of drug-likeness (QED) is 0.427. The highest BCUT2D eigenvalue weighted by atomic mass is 19.1. The summed E-state index contributed by atoms with van der Waals surface area (Å²) >= 11 is 0. The molecular formula is C9H4FNO4. The maximum Gasteiger partial charge on any atom is 0.382 e. The number of aliphatic carboxylic acids is 1. The summed E-state index contributed by atoms with van der Waals surface area (Å²) in [6, 6.07) is 2.72. The molecule has 0 aliphatic heterocycles. The van der Waals surface area contributed by atoms with Crippen molar-refractivity contribution in [3.05, 3.63) is 39.7 Å². The summed E-state index contributed by atoms with van der Waals surface area (Å²) in [5, 5.41) is 18.7. The maximum absolute atomic E-state index is 12.6. The molecule has 0 heterocycles. The number of carboxylic acids is 1. The van der Waals surface area contributed by atoms with E-state index in [1.165, 1.54) is 0 Å². The Morgan fingerprint density at radius 2 is 2.20 bits per heavy atom. The molecule has 1 rings (SSSR count). The van der Waals surface area contributed by atoms with Crippen molar-refractivity contribution in [1.29, 1.82) is 0 Å². The van der Waals surface area contributed by atoms with Crippen molar-refractivity contribution in [2.45, 2.75) is 0 Å². The topological polar surface area (TPSA) is 80.4 Å². The Balaban J connectivity index is 3.25. The molecule has 76 valence electrons. The molecule has 0 aliphatic rings. The number of nitrogens with zero attached hydrogens (tertiary/aromatic N) is 1. The normalized spacial score (nSPS) is 8.87.